The third kappa shape index (κ3) is 6.41. The number of hydrogen-bond acceptors (Lipinski definition) is 5. The Balaban J connectivity index is 2.23. The maximum Gasteiger partial charge on any atom is 0.407 e. The number of halogens is 1. The molecule has 1 amide bonds. The van der Waals surface area contributed by atoms with Crippen LogP contribution in [0.4, 0.5) is 4.79 Å². The Labute approximate surface area is 170 Å². The minimum absolute atomic E-state index is 0.325. The standard InChI is InChI=1S/C20H26ClN3O4/c1-20(2,3)28-18(25)17(22)16(8-7-14-5-4-6-15(21)13-14)23-9-11-24(12-10-23)19(26)27/h4-6,13,16-17H,9-12,22H2,1-3H3,(H,26,27). The van der Waals surface area contributed by atoms with Crippen molar-refractivity contribution >= 4 is 23.7 Å². The molecular formula is C20H26ClN3O4. The number of carboxylic acid groups (broad SMARTS) is 1. The number of esters is 1. The van der Waals surface area contributed by atoms with E-state index in [1.165, 1.54) is 4.90 Å². The summed E-state index contributed by atoms with van der Waals surface area (Å²) in [6.45, 7) is 6.83. The van der Waals surface area contributed by atoms with Gasteiger partial charge in [-0.3, -0.25) is 9.69 Å². The van der Waals surface area contributed by atoms with E-state index in [2.05, 4.69) is 11.8 Å². The van der Waals surface area contributed by atoms with Gasteiger partial charge in [-0.15, -0.1) is 0 Å². The number of nitrogens with zero attached hydrogens (tertiary/aromatic N) is 2. The highest BCUT2D eigenvalue weighted by molar-refractivity contribution is 6.30. The van der Waals surface area contributed by atoms with Crippen LogP contribution in [0.15, 0.2) is 24.3 Å². The molecule has 1 saturated heterocycles. The first-order chi connectivity index (χ1) is 13.1. The van der Waals surface area contributed by atoms with Gasteiger partial charge in [0.1, 0.15) is 11.6 Å². The molecule has 0 spiro atoms. The van der Waals surface area contributed by atoms with Gasteiger partial charge in [0.05, 0.1) is 6.04 Å². The second-order valence-corrected chi connectivity index (χ2v) is 8.03. The Hall–Kier alpha value is -2.27. The number of carbonyl (C=O) groups is 2. The van der Waals surface area contributed by atoms with Crippen molar-refractivity contribution in [2.24, 2.45) is 5.73 Å². The van der Waals surface area contributed by atoms with Crippen molar-refractivity contribution in [1.29, 1.82) is 0 Å². The Morgan fingerprint density at radius 2 is 1.89 bits per heavy atom. The predicted octanol–water partition coefficient (Wildman–Crippen LogP) is 2.02. The van der Waals surface area contributed by atoms with Gasteiger partial charge in [0.25, 0.3) is 0 Å². The average molecular weight is 408 g/mol. The van der Waals surface area contributed by atoms with Gasteiger partial charge in [-0.25, -0.2) is 4.79 Å². The molecule has 0 radical (unpaired) electrons. The van der Waals surface area contributed by atoms with Crippen LogP contribution in [0.1, 0.15) is 26.3 Å². The van der Waals surface area contributed by atoms with Gasteiger partial charge in [0.2, 0.25) is 0 Å². The Morgan fingerprint density at radius 1 is 1.25 bits per heavy atom. The Morgan fingerprint density at radius 3 is 2.43 bits per heavy atom. The molecule has 152 valence electrons. The summed E-state index contributed by atoms with van der Waals surface area (Å²) >= 11 is 6.00. The highest BCUT2D eigenvalue weighted by Gasteiger charge is 2.34. The second-order valence-electron chi connectivity index (χ2n) is 7.59. The van der Waals surface area contributed by atoms with E-state index in [0.29, 0.717) is 36.8 Å². The smallest absolute Gasteiger partial charge is 0.407 e. The van der Waals surface area contributed by atoms with Crippen LogP contribution in [0.5, 0.6) is 0 Å². The lowest BCUT2D eigenvalue weighted by Crippen LogP contribution is -2.58. The number of ether oxygens (including phenoxy) is 1. The highest BCUT2D eigenvalue weighted by Crippen LogP contribution is 2.15. The van der Waals surface area contributed by atoms with Crippen LogP contribution in [-0.2, 0) is 9.53 Å². The number of nitrogens with two attached hydrogens (primary N) is 1. The number of piperazine rings is 1. The van der Waals surface area contributed by atoms with Crippen molar-refractivity contribution in [3.63, 3.8) is 0 Å². The summed E-state index contributed by atoms with van der Waals surface area (Å²) in [7, 11) is 0. The largest absolute Gasteiger partial charge is 0.465 e. The summed E-state index contributed by atoms with van der Waals surface area (Å²) in [5, 5.41) is 9.70. The minimum atomic E-state index is -0.984. The van der Waals surface area contributed by atoms with Crippen molar-refractivity contribution in [1.82, 2.24) is 9.80 Å². The first-order valence-corrected chi connectivity index (χ1v) is 9.42. The number of amides is 1. The van der Waals surface area contributed by atoms with Crippen molar-refractivity contribution in [2.45, 2.75) is 38.5 Å². The van der Waals surface area contributed by atoms with E-state index in [9.17, 15) is 9.59 Å². The quantitative estimate of drug-likeness (QED) is 0.588. The van der Waals surface area contributed by atoms with Gasteiger partial charge >= 0.3 is 12.1 Å². The monoisotopic (exact) mass is 407 g/mol. The summed E-state index contributed by atoms with van der Waals surface area (Å²) in [6.07, 6.45) is -0.961. The third-order valence-corrected chi connectivity index (χ3v) is 4.42. The van der Waals surface area contributed by atoms with Crippen LogP contribution < -0.4 is 5.73 Å². The van der Waals surface area contributed by atoms with Gasteiger partial charge in [-0.2, -0.15) is 0 Å². The first-order valence-electron chi connectivity index (χ1n) is 9.04. The van der Waals surface area contributed by atoms with Crippen molar-refractivity contribution in [2.75, 3.05) is 26.2 Å². The van der Waals surface area contributed by atoms with E-state index in [-0.39, 0.29) is 0 Å². The summed E-state index contributed by atoms with van der Waals surface area (Å²) in [4.78, 5) is 26.9. The van der Waals surface area contributed by atoms with Crippen LogP contribution in [0.3, 0.4) is 0 Å². The van der Waals surface area contributed by atoms with E-state index >= 15 is 0 Å². The molecule has 2 rings (SSSR count). The molecule has 1 aromatic carbocycles. The minimum Gasteiger partial charge on any atom is -0.465 e. The molecule has 0 saturated carbocycles. The molecule has 1 heterocycles. The highest BCUT2D eigenvalue weighted by atomic mass is 35.5. The predicted molar refractivity (Wildman–Crippen MR) is 107 cm³/mol. The van der Waals surface area contributed by atoms with Gasteiger partial charge in [-0.05, 0) is 39.0 Å². The lowest BCUT2D eigenvalue weighted by molar-refractivity contribution is -0.157. The molecule has 3 N–H and O–H groups in total. The SMILES string of the molecule is CC(C)(C)OC(=O)C(N)C(C#Cc1cccc(Cl)c1)N1CCN(C(=O)O)CC1. The van der Waals surface area contributed by atoms with Crippen molar-refractivity contribution in [3.8, 4) is 11.8 Å². The van der Waals surface area contributed by atoms with E-state index < -0.39 is 29.7 Å². The fraction of sp³-hybridized carbons (Fsp3) is 0.500. The van der Waals surface area contributed by atoms with Gasteiger partial charge in [-0.1, -0.05) is 29.5 Å². The number of carbonyl (C=O) groups excluding carboxylic acids is 1. The molecule has 0 aliphatic carbocycles. The summed E-state index contributed by atoms with van der Waals surface area (Å²) in [5.41, 5.74) is 6.25. The summed E-state index contributed by atoms with van der Waals surface area (Å²) in [6, 6.07) is 5.50. The average Bonchev–Trinajstić information content (AvgIpc) is 2.60. The van der Waals surface area contributed by atoms with E-state index in [0.717, 1.165) is 0 Å². The third-order valence-electron chi connectivity index (χ3n) is 4.19. The van der Waals surface area contributed by atoms with E-state index in [1.807, 2.05) is 11.0 Å². The van der Waals surface area contributed by atoms with Crippen molar-refractivity contribution < 1.29 is 19.4 Å². The molecule has 1 aromatic rings. The lowest BCUT2D eigenvalue weighted by Gasteiger charge is -2.38. The summed E-state index contributed by atoms with van der Waals surface area (Å²) < 4.78 is 5.42. The number of benzene rings is 1. The zero-order valence-electron chi connectivity index (χ0n) is 16.3. The van der Waals surface area contributed by atoms with Crippen LogP contribution >= 0.6 is 11.6 Å². The zero-order chi connectivity index (χ0) is 20.9. The summed E-state index contributed by atoms with van der Waals surface area (Å²) in [5.74, 6) is 5.55. The Bertz CT molecular complexity index is 774. The topological polar surface area (TPSA) is 96.1 Å². The molecule has 8 heteroatoms. The number of rotatable bonds is 3. The molecule has 1 aliphatic rings. The van der Waals surface area contributed by atoms with Gasteiger partial charge in [0, 0.05) is 36.8 Å². The van der Waals surface area contributed by atoms with Gasteiger partial charge < -0.3 is 20.5 Å². The van der Waals surface area contributed by atoms with E-state index in [4.69, 9.17) is 27.2 Å². The molecule has 0 aromatic heterocycles. The van der Waals surface area contributed by atoms with Crippen LogP contribution in [0.2, 0.25) is 5.02 Å². The maximum atomic E-state index is 12.5. The fourth-order valence-corrected chi connectivity index (χ4v) is 3.01. The Kier molecular flexibility index (Phi) is 7.30. The maximum absolute atomic E-state index is 12.5. The van der Waals surface area contributed by atoms with E-state index in [1.54, 1.807) is 39.0 Å². The van der Waals surface area contributed by atoms with Crippen molar-refractivity contribution in [3.05, 3.63) is 34.9 Å². The molecule has 2 atom stereocenters. The molecule has 1 fully saturated rings. The lowest BCUT2D eigenvalue weighted by atomic mass is 10.0. The van der Waals surface area contributed by atoms with Crippen LogP contribution in [0.25, 0.3) is 0 Å². The molecule has 1 aliphatic heterocycles. The fourth-order valence-electron chi connectivity index (χ4n) is 2.82. The van der Waals surface area contributed by atoms with Crippen LogP contribution in [0, 0.1) is 11.8 Å². The normalized spacial score (nSPS) is 17.2. The molecule has 2 unspecified atom stereocenters. The second kappa shape index (κ2) is 9.28. The molecular weight excluding hydrogens is 382 g/mol. The van der Waals surface area contributed by atoms with Crippen LogP contribution in [-0.4, -0.2) is 70.8 Å². The van der Waals surface area contributed by atoms with Gasteiger partial charge in [0.15, 0.2) is 0 Å². The molecule has 0 bridgehead atoms. The molecule has 7 nitrogen and oxygen atoms in total. The first kappa shape index (κ1) is 22.0. The molecule has 28 heavy (non-hydrogen) atoms. The zero-order valence-corrected chi connectivity index (χ0v) is 17.1. The number of hydrogen-bond donors (Lipinski definition) is 2.